The Labute approximate surface area is 124 Å². The van der Waals surface area contributed by atoms with Gasteiger partial charge in [-0.15, -0.1) is 0 Å². The fourth-order valence-electron chi connectivity index (χ4n) is 2.79. The topological polar surface area (TPSA) is 15.3 Å². The third-order valence-electron chi connectivity index (χ3n) is 4.43. The van der Waals surface area contributed by atoms with Crippen molar-refractivity contribution in [3.8, 4) is 0 Å². The SMILES string of the molecule is CC1CN(Cc2ccc(C(C)(C)C)cc2)C(C)(C)CN1. The number of hydrogen-bond acceptors (Lipinski definition) is 2. The molecular weight excluding hydrogens is 244 g/mol. The predicted molar refractivity (Wildman–Crippen MR) is 87.1 cm³/mol. The van der Waals surface area contributed by atoms with Gasteiger partial charge in [-0.3, -0.25) is 4.90 Å². The third kappa shape index (κ3) is 3.62. The monoisotopic (exact) mass is 274 g/mol. The first-order valence-electron chi connectivity index (χ1n) is 7.76. The second-order valence-electron chi connectivity index (χ2n) is 7.92. The zero-order chi connectivity index (χ0) is 15.0. The van der Waals surface area contributed by atoms with E-state index in [2.05, 4.69) is 76.0 Å². The van der Waals surface area contributed by atoms with Crippen molar-refractivity contribution in [2.24, 2.45) is 0 Å². The molecule has 20 heavy (non-hydrogen) atoms. The lowest BCUT2D eigenvalue weighted by Gasteiger charge is -2.45. The fourth-order valence-corrected chi connectivity index (χ4v) is 2.79. The van der Waals surface area contributed by atoms with Crippen molar-refractivity contribution in [3.05, 3.63) is 35.4 Å². The Bertz CT molecular complexity index is 439. The van der Waals surface area contributed by atoms with Crippen LogP contribution in [0.2, 0.25) is 0 Å². The van der Waals surface area contributed by atoms with Gasteiger partial charge in [0.15, 0.2) is 0 Å². The summed E-state index contributed by atoms with van der Waals surface area (Å²) in [5.41, 5.74) is 3.30. The summed E-state index contributed by atoms with van der Waals surface area (Å²) in [6, 6.07) is 9.74. The van der Waals surface area contributed by atoms with Crippen LogP contribution in [0.15, 0.2) is 24.3 Å². The molecule has 1 N–H and O–H groups in total. The van der Waals surface area contributed by atoms with Crippen LogP contribution in [0.1, 0.15) is 52.7 Å². The van der Waals surface area contributed by atoms with Crippen LogP contribution in [-0.4, -0.2) is 29.6 Å². The fraction of sp³-hybridized carbons (Fsp3) is 0.667. The Morgan fingerprint density at radius 2 is 1.80 bits per heavy atom. The Hall–Kier alpha value is -0.860. The average molecular weight is 274 g/mol. The first-order valence-corrected chi connectivity index (χ1v) is 7.76. The molecule has 2 nitrogen and oxygen atoms in total. The van der Waals surface area contributed by atoms with Gasteiger partial charge in [-0.25, -0.2) is 0 Å². The zero-order valence-corrected chi connectivity index (χ0v) is 14.0. The van der Waals surface area contributed by atoms with Gasteiger partial charge < -0.3 is 5.32 Å². The van der Waals surface area contributed by atoms with E-state index in [1.165, 1.54) is 11.1 Å². The highest BCUT2D eigenvalue weighted by atomic mass is 15.3. The van der Waals surface area contributed by atoms with Crippen LogP contribution in [0.25, 0.3) is 0 Å². The number of nitrogens with one attached hydrogen (secondary N) is 1. The van der Waals surface area contributed by atoms with Crippen molar-refractivity contribution in [3.63, 3.8) is 0 Å². The smallest absolute Gasteiger partial charge is 0.0281 e. The molecule has 112 valence electrons. The quantitative estimate of drug-likeness (QED) is 0.887. The molecule has 1 atom stereocenters. The van der Waals surface area contributed by atoms with Gasteiger partial charge in [0, 0.05) is 31.2 Å². The molecule has 0 aromatic heterocycles. The molecule has 1 aromatic rings. The van der Waals surface area contributed by atoms with Gasteiger partial charge in [0.25, 0.3) is 0 Å². The third-order valence-corrected chi connectivity index (χ3v) is 4.43. The van der Waals surface area contributed by atoms with Gasteiger partial charge >= 0.3 is 0 Å². The summed E-state index contributed by atoms with van der Waals surface area (Å²) in [5.74, 6) is 0. The number of nitrogens with zero attached hydrogens (tertiary/aromatic N) is 1. The normalized spacial score (nSPS) is 23.8. The maximum absolute atomic E-state index is 3.58. The second-order valence-corrected chi connectivity index (χ2v) is 7.92. The van der Waals surface area contributed by atoms with E-state index in [0.717, 1.165) is 19.6 Å². The van der Waals surface area contributed by atoms with Crippen molar-refractivity contribution in [2.45, 2.75) is 65.1 Å². The molecule has 0 saturated carbocycles. The Morgan fingerprint density at radius 3 is 2.35 bits per heavy atom. The maximum atomic E-state index is 3.58. The van der Waals surface area contributed by atoms with E-state index in [9.17, 15) is 0 Å². The van der Waals surface area contributed by atoms with Gasteiger partial charge in [-0.2, -0.15) is 0 Å². The highest BCUT2D eigenvalue weighted by molar-refractivity contribution is 5.27. The lowest BCUT2D eigenvalue weighted by Crippen LogP contribution is -2.60. The first kappa shape index (κ1) is 15.5. The van der Waals surface area contributed by atoms with E-state index in [1.807, 2.05) is 0 Å². The molecule has 1 unspecified atom stereocenters. The number of hydrogen-bond donors (Lipinski definition) is 1. The van der Waals surface area contributed by atoms with E-state index in [-0.39, 0.29) is 11.0 Å². The molecule has 2 heteroatoms. The van der Waals surface area contributed by atoms with Crippen LogP contribution in [-0.2, 0) is 12.0 Å². The maximum Gasteiger partial charge on any atom is 0.0281 e. The predicted octanol–water partition coefficient (Wildman–Crippen LogP) is 3.56. The summed E-state index contributed by atoms with van der Waals surface area (Å²) in [4.78, 5) is 2.60. The van der Waals surface area contributed by atoms with Crippen molar-refractivity contribution in [1.29, 1.82) is 0 Å². The minimum atomic E-state index is 0.231. The minimum absolute atomic E-state index is 0.231. The average Bonchev–Trinajstić information content (AvgIpc) is 2.34. The summed E-state index contributed by atoms with van der Waals surface area (Å²) in [7, 11) is 0. The molecule has 1 aliphatic rings. The Morgan fingerprint density at radius 1 is 1.20 bits per heavy atom. The van der Waals surface area contributed by atoms with E-state index in [0.29, 0.717) is 6.04 Å². The van der Waals surface area contributed by atoms with E-state index < -0.39 is 0 Å². The molecule has 0 bridgehead atoms. The standard InChI is InChI=1S/C18H30N2/c1-14-11-20(18(5,6)13-19-14)12-15-7-9-16(10-8-15)17(2,3)4/h7-10,14,19H,11-13H2,1-6H3. The summed E-state index contributed by atoms with van der Waals surface area (Å²) in [6.07, 6.45) is 0. The van der Waals surface area contributed by atoms with Crippen LogP contribution in [0.5, 0.6) is 0 Å². The molecule has 0 spiro atoms. The number of benzene rings is 1. The summed E-state index contributed by atoms with van der Waals surface area (Å²) < 4.78 is 0. The van der Waals surface area contributed by atoms with Gasteiger partial charge in [0.1, 0.15) is 0 Å². The number of piperazine rings is 1. The van der Waals surface area contributed by atoms with Gasteiger partial charge in [-0.05, 0) is 37.3 Å². The lowest BCUT2D eigenvalue weighted by molar-refractivity contribution is 0.0626. The Kier molecular flexibility index (Phi) is 4.27. The molecule has 1 fully saturated rings. The van der Waals surface area contributed by atoms with Gasteiger partial charge in [0.2, 0.25) is 0 Å². The highest BCUT2D eigenvalue weighted by Gasteiger charge is 2.32. The van der Waals surface area contributed by atoms with Crippen LogP contribution in [0.4, 0.5) is 0 Å². The first-order chi connectivity index (χ1) is 9.18. The summed E-state index contributed by atoms with van der Waals surface area (Å²) in [6.45, 7) is 17.0. The molecule has 1 aliphatic heterocycles. The summed E-state index contributed by atoms with van der Waals surface area (Å²) >= 11 is 0. The van der Waals surface area contributed by atoms with E-state index in [1.54, 1.807) is 0 Å². The largest absolute Gasteiger partial charge is 0.311 e. The Balaban J connectivity index is 2.09. The van der Waals surface area contributed by atoms with Crippen molar-refractivity contribution in [1.82, 2.24) is 10.2 Å². The van der Waals surface area contributed by atoms with E-state index >= 15 is 0 Å². The van der Waals surface area contributed by atoms with Crippen LogP contribution >= 0.6 is 0 Å². The van der Waals surface area contributed by atoms with Crippen LogP contribution < -0.4 is 5.32 Å². The molecule has 1 saturated heterocycles. The molecule has 0 amide bonds. The zero-order valence-electron chi connectivity index (χ0n) is 14.0. The second kappa shape index (κ2) is 5.50. The minimum Gasteiger partial charge on any atom is -0.311 e. The van der Waals surface area contributed by atoms with Crippen molar-refractivity contribution >= 4 is 0 Å². The van der Waals surface area contributed by atoms with Gasteiger partial charge in [0.05, 0.1) is 0 Å². The lowest BCUT2D eigenvalue weighted by atomic mass is 9.86. The van der Waals surface area contributed by atoms with Crippen molar-refractivity contribution < 1.29 is 0 Å². The van der Waals surface area contributed by atoms with Crippen LogP contribution in [0, 0.1) is 0 Å². The molecule has 0 radical (unpaired) electrons. The van der Waals surface area contributed by atoms with Crippen molar-refractivity contribution in [2.75, 3.05) is 13.1 Å². The van der Waals surface area contributed by atoms with E-state index in [4.69, 9.17) is 0 Å². The number of rotatable bonds is 2. The molecule has 1 aromatic carbocycles. The van der Waals surface area contributed by atoms with Crippen LogP contribution in [0.3, 0.4) is 0 Å². The molecule has 1 heterocycles. The summed E-state index contributed by atoms with van der Waals surface area (Å²) in [5, 5.41) is 3.58. The van der Waals surface area contributed by atoms with Gasteiger partial charge in [-0.1, -0.05) is 45.0 Å². The molecular formula is C18H30N2. The molecule has 2 rings (SSSR count). The molecule has 0 aliphatic carbocycles. The highest BCUT2D eigenvalue weighted by Crippen LogP contribution is 2.25.